The second-order valence-electron chi connectivity index (χ2n) is 11.9. The molecule has 1 saturated carbocycles. The van der Waals surface area contributed by atoms with Gasteiger partial charge in [-0.05, 0) is 99.8 Å². The molecule has 1 aliphatic carbocycles. The van der Waals surface area contributed by atoms with Crippen molar-refractivity contribution < 1.29 is 38.1 Å². The average Bonchev–Trinajstić information content (AvgIpc) is 3.39. The number of halogens is 2. The van der Waals surface area contributed by atoms with Gasteiger partial charge < -0.3 is 18.9 Å². The lowest BCUT2D eigenvalue weighted by atomic mass is 9.89. The molecule has 0 N–H and O–H groups in total. The summed E-state index contributed by atoms with van der Waals surface area (Å²) in [6, 6.07) is 22.8. The third kappa shape index (κ3) is 12.4. The smallest absolute Gasteiger partial charge is 0.338 e. The van der Waals surface area contributed by atoms with Crippen LogP contribution in [-0.2, 0) is 23.8 Å². The van der Waals surface area contributed by atoms with Crippen LogP contribution in [0, 0.1) is 11.8 Å². The van der Waals surface area contributed by atoms with Gasteiger partial charge in [-0.3, -0.25) is 9.59 Å². The maximum atomic E-state index is 13.3. The lowest BCUT2D eigenvalue weighted by Gasteiger charge is -2.23. The summed E-state index contributed by atoms with van der Waals surface area (Å²) in [5.74, 6) is -1.70. The molecule has 4 unspecified atom stereocenters. The topological polar surface area (TPSA) is 105 Å². The first kappa shape index (κ1) is 37.8. The summed E-state index contributed by atoms with van der Waals surface area (Å²) in [7, 11) is 0. The highest BCUT2D eigenvalue weighted by molar-refractivity contribution is 9.10. The van der Waals surface area contributed by atoms with Gasteiger partial charge in [0, 0.05) is 33.6 Å². The van der Waals surface area contributed by atoms with Crippen LogP contribution in [0.1, 0.15) is 66.7 Å². The Morgan fingerprint density at radius 2 is 1.39 bits per heavy atom. The van der Waals surface area contributed by atoms with Crippen molar-refractivity contribution in [3.05, 3.63) is 123 Å². The van der Waals surface area contributed by atoms with E-state index in [0.717, 1.165) is 8.95 Å². The predicted molar refractivity (Wildman–Crippen MR) is 193 cm³/mol. The zero-order valence-electron chi connectivity index (χ0n) is 27.5. The molecule has 0 bridgehead atoms. The highest BCUT2D eigenvalue weighted by Gasteiger charge is 2.45. The van der Waals surface area contributed by atoms with Crippen LogP contribution in [0.15, 0.2) is 112 Å². The normalized spacial score (nSPS) is 18.9. The zero-order valence-corrected chi connectivity index (χ0v) is 30.6. The summed E-state index contributed by atoms with van der Waals surface area (Å²) in [4.78, 5) is 51.4. The Bertz CT molecular complexity index is 1600. The van der Waals surface area contributed by atoms with E-state index < -0.39 is 30.1 Å². The Morgan fingerprint density at radius 3 is 1.98 bits per heavy atom. The van der Waals surface area contributed by atoms with Gasteiger partial charge in [-0.2, -0.15) is 0 Å². The molecule has 8 nitrogen and oxygen atoms in total. The summed E-state index contributed by atoms with van der Waals surface area (Å²) >= 11 is 6.78. The van der Waals surface area contributed by atoms with E-state index in [1.165, 1.54) is 6.08 Å². The fourth-order valence-electron chi connectivity index (χ4n) is 5.50. The number of esters is 3. The number of carbonyl (C=O) groups excluding carboxylic acids is 4. The molecule has 258 valence electrons. The van der Waals surface area contributed by atoms with Crippen molar-refractivity contribution in [1.82, 2.24) is 0 Å². The molecule has 0 heterocycles. The van der Waals surface area contributed by atoms with Crippen LogP contribution in [0.5, 0.6) is 5.75 Å². The first-order valence-electron chi connectivity index (χ1n) is 16.3. The second-order valence-corrected chi connectivity index (χ2v) is 13.8. The van der Waals surface area contributed by atoms with E-state index in [2.05, 4.69) is 31.9 Å². The van der Waals surface area contributed by atoms with E-state index in [1.54, 1.807) is 66.7 Å². The van der Waals surface area contributed by atoms with Crippen molar-refractivity contribution in [3.8, 4) is 5.75 Å². The first-order chi connectivity index (χ1) is 23.6. The van der Waals surface area contributed by atoms with Crippen molar-refractivity contribution >= 4 is 55.6 Å². The molecule has 0 saturated heterocycles. The maximum absolute atomic E-state index is 13.3. The average molecular weight is 797 g/mol. The molecule has 1 aliphatic rings. The lowest BCUT2D eigenvalue weighted by molar-refractivity contribution is -0.147. The number of hydrogen-bond acceptors (Lipinski definition) is 8. The lowest BCUT2D eigenvalue weighted by Crippen LogP contribution is -2.26. The standard InChI is InChI=1S/C39H40Br2O8/c1-26(2)47-37(43)13-9-4-3-8-12-33-34(23-22-31(42)25-46-32-10-6-5-7-11-32)36(49-39(45)28-16-20-30(41)21-17-28)24-35(33)48-38(44)27-14-18-29(40)19-15-27/h3,5-8,10-11,14-23,26,33-36H,4,9,12-13,24-25H2,1-2H3. The minimum absolute atomic E-state index is 0.157. The number of unbranched alkanes of at least 4 members (excludes halogenated alkanes) is 1. The molecule has 0 amide bonds. The molecule has 10 heteroatoms. The Morgan fingerprint density at radius 1 is 0.796 bits per heavy atom. The van der Waals surface area contributed by atoms with E-state index in [1.807, 2.05) is 44.2 Å². The van der Waals surface area contributed by atoms with Crippen LogP contribution in [0.3, 0.4) is 0 Å². The summed E-state index contributed by atoms with van der Waals surface area (Å²) in [5.41, 5.74) is 0.766. The highest BCUT2D eigenvalue weighted by atomic mass is 79.9. The van der Waals surface area contributed by atoms with E-state index in [-0.39, 0.29) is 36.8 Å². The van der Waals surface area contributed by atoms with Gasteiger partial charge in [-0.1, -0.05) is 68.3 Å². The molecular weight excluding hydrogens is 756 g/mol. The van der Waals surface area contributed by atoms with Gasteiger partial charge in [-0.15, -0.1) is 0 Å². The van der Waals surface area contributed by atoms with Crippen molar-refractivity contribution in [1.29, 1.82) is 0 Å². The number of ether oxygens (including phenoxy) is 4. The van der Waals surface area contributed by atoms with Gasteiger partial charge in [-0.25, -0.2) is 9.59 Å². The maximum Gasteiger partial charge on any atom is 0.338 e. The Balaban J connectivity index is 1.54. The van der Waals surface area contributed by atoms with E-state index in [0.29, 0.717) is 42.6 Å². The minimum atomic E-state index is -0.679. The molecule has 49 heavy (non-hydrogen) atoms. The van der Waals surface area contributed by atoms with Crippen LogP contribution in [-0.4, -0.2) is 48.6 Å². The van der Waals surface area contributed by atoms with Crippen molar-refractivity contribution in [2.45, 2.75) is 64.3 Å². The van der Waals surface area contributed by atoms with Gasteiger partial charge in [0.15, 0.2) is 12.4 Å². The number of para-hydroxylation sites is 1. The summed E-state index contributed by atoms with van der Waals surface area (Å²) in [5, 5.41) is 0. The molecule has 0 aliphatic heterocycles. The summed E-state index contributed by atoms with van der Waals surface area (Å²) in [6.45, 7) is 3.47. The Hall–Kier alpha value is -4.02. The SMILES string of the molecule is CC(C)OC(=O)CCCC=CCC1C(OC(=O)c2ccc(Br)cc2)CC(OC(=O)c2ccc(Br)cc2)C1C=CC(=O)COc1ccccc1. The third-order valence-corrected chi connectivity index (χ3v) is 8.92. The minimum Gasteiger partial charge on any atom is -0.485 e. The number of hydrogen-bond donors (Lipinski definition) is 0. The molecule has 0 spiro atoms. The third-order valence-electron chi connectivity index (χ3n) is 7.86. The van der Waals surface area contributed by atoms with Crippen LogP contribution in [0.4, 0.5) is 0 Å². The number of benzene rings is 3. The van der Waals surface area contributed by atoms with Crippen LogP contribution in [0.2, 0.25) is 0 Å². The van der Waals surface area contributed by atoms with Gasteiger partial charge in [0.05, 0.1) is 17.2 Å². The molecule has 4 rings (SSSR count). The summed E-state index contributed by atoms with van der Waals surface area (Å²) < 4.78 is 24.6. The molecule has 3 aromatic rings. The van der Waals surface area contributed by atoms with Crippen molar-refractivity contribution in [3.63, 3.8) is 0 Å². The molecule has 4 atom stereocenters. The number of allylic oxidation sites excluding steroid dienone is 2. The van der Waals surface area contributed by atoms with Crippen LogP contribution >= 0.6 is 31.9 Å². The zero-order chi connectivity index (χ0) is 35.2. The van der Waals surface area contributed by atoms with Gasteiger partial charge >= 0.3 is 17.9 Å². The predicted octanol–water partition coefficient (Wildman–Crippen LogP) is 8.87. The second kappa shape index (κ2) is 19.2. The quantitative estimate of drug-likeness (QED) is 0.0466. The monoisotopic (exact) mass is 794 g/mol. The van der Waals surface area contributed by atoms with E-state index >= 15 is 0 Å². The first-order valence-corrected chi connectivity index (χ1v) is 17.8. The Kier molecular flexibility index (Phi) is 14.8. The highest BCUT2D eigenvalue weighted by Crippen LogP contribution is 2.41. The van der Waals surface area contributed by atoms with Crippen molar-refractivity contribution in [2.24, 2.45) is 11.8 Å². The van der Waals surface area contributed by atoms with E-state index in [4.69, 9.17) is 18.9 Å². The van der Waals surface area contributed by atoms with Crippen LogP contribution in [0.25, 0.3) is 0 Å². The Labute approximate surface area is 304 Å². The summed E-state index contributed by atoms with van der Waals surface area (Å²) in [6.07, 6.45) is 8.02. The van der Waals surface area contributed by atoms with Gasteiger partial charge in [0.25, 0.3) is 0 Å². The fraction of sp³-hybridized carbons (Fsp3) is 0.333. The molecule has 0 radical (unpaired) electrons. The number of ketones is 1. The largest absolute Gasteiger partial charge is 0.485 e. The molecule has 1 fully saturated rings. The van der Waals surface area contributed by atoms with Crippen molar-refractivity contribution in [2.75, 3.05) is 6.61 Å². The molecular formula is C39H40Br2O8. The number of rotatable bonds is 16. The molecule has 3 aromatic carbocycles. The van der Waals surface area contributed by atoms with Gasteiger partial charge in [0.1, 0.15) is 18.0 Å². The number of carbonyl (C=O) groups is 4. The van der Waals surface area contributed by atoms with Gasteiger partial charge in [0.2, 0.25) is 0 Å². The van der Waals surface area contributed by atoms with E-state index in [9.17, 15) is 19.2 Å². The molecule has 0 aromatic heterocycles. The fourth-order valence-corrected chi connectivity index (χ4v) is 6.03. The van der Waals surface area contributed by atoms with Crippen LogP contribution < -0.4 is 4.74 Å².